The van der Waals surface area contributed by atoms with Gasteiger partial charge in [0.05, 0.1) is 6.10 Å². The molecule has 1 aromatic rings. The fraction of sp³-hybridized carbons (Fsp3) is 0.529. The number of nitrogens with one attached hydrogen (secondary N) is 2. The highest BCUT2D eigenvalue weighted by molar-refractivity contribution is 5.85. The maximum Gasteiger partial charge on any atom is 0.408 e. The van der Waals surface area contributed by atoms with Crippen LogP contribution in [0.1, 0.15) is 26.3 Å². The van der Waals surface area contributed by atoms with Crippen molar-refractivity contribution < 1.29 is 19.1 Å². The van der Waals surface area contributed by atoms with Crippen LogP contribution in [-0.2, 0) is 20.9 Å². The summed E-state index contributed by atoms with van der Waals surface area (Å²) in [4.78, 5) is 24.1. The van der Waals surface area contributed by atoms with E-state index in [1.165, 1.54) is 0 Å². The van der Waals surface area contributed by atoms with Crippen LogP contribution in [0.3, 0.4) is 0 Å². The van der Waals surface area contributed by atoms with E-state index in [0.29, 0.717) is 6.54 Å². The van der Waals surface area contributed by atoms with E-state index in [9.17, 15) is 9.59 Å². The second-order valence-electron chi connectivity index (χ2n) is 5.72. The topological polar surface area (TPSA) is 76.7 Å². The highest BCUT2D eigenvalue weighted by atomic mass is 16.5. The summed E-state index contributed by atoms with van der Waals surface area (Å²) in [5.74, 6) is -0.308. The molecule has 0 saturated heterocycles. The normalized spacial score (nSPS) is 13.3. The maximum atomic E-state index is 12.2. The van der Waals surface area contributed by atoms with Crippen LogP contribution < -0.4 is 10.6 Å². The van der Waals surface area contributed by atoms with Gasteiger partial charge in [0.1, 0.15) is 12.6 Å². The molecule has 23 heavy (non-hydrogen) atoms. The van der Waals surface area contributed by atoms with Crippen molar-refractivity contribution in [3.05, 3.63) is 35.9 Å². The van der Waals surface area contributed by atoms with Gasteiger partial charge in [0.15, 0.2) is 0 Å². The van der Waals surface area contributed by atoms with Gasteiger partial charge in [0, 0.05) is 13.7 Å². The molecule has 6 heteroatoms. The van der Waals surface area contributed by atoms with E-state index in [1.807, 2.05) is 51.1 Å². The van der Waals surface area contributed by atoms with Gasteiger partial charge in [-0.25, -0.2) is 4.79 Å². The predicted molar refractivity (Wildman–Crippen MR) is 87.9 cm³/mol. The van der Waals surface area contributed by atoms with Crippen LogP contribution >= 0.6 is 0 Å². The number of benzene rings is 1. The highest BCUT2D eigenvalue weighted by Gasteiger charge is 2.24. The molecule has 1 aromatic carbocycles. The predicted octanol–water partition coefficient (Wildman–Crippen LogP) is 2.09. The molecule has 0 aliphatic heterocycles. The third kappa shape index (κ3) is 7.15. The molecule has 0 aliphatic carbocycles. The Morgan fingerprint density at radius 1 is 1.13 bits per heavy atom. The van der Waals surface area contributed by atoms with Gasteiger partial charge in [-0.2, -0.15) is 0 Å². The minimum atomic E-state index is -0.651. The van der Waals surface area contributed by atoms with Gasteiger partial charge < -0.3 is 20.1 Å². The number of carbonyl (C=O) groups excluding carboxylic acids is 2. The molecule has 6 nitrogen and oxygen atoms in total. The first kappa shape index (κ1) is 19.0. The lowest BCUT2D eigenvalue weighted by Gasteiger charge is -2.22. The summed E-state index contributed by atoms with van der Waals surface area (Å²) in [6, 6.07) is 8.72. The zero-order valence-corrected chi connectivity index (χ0v) is 14.2. The lowest BCUT2D eigenvalue weighted by atomic mass is 10.0. The Labute approximate surface area is 137 Å². The monoisotopic (exact) mass is 322 g/mol. The quantitative estimate of drug-likeness (QED) is 0.768. The number of amides is 2. The summed E-state index contributed by atoms with van der Waals surface area (Å²) in [6.45, 7) is 6.13. The Bertz CT molecular complexity index is 491. The molecule has 0 saturated carbocycles. The molecule has 0 aromatic heterocycles. The average molecular weight is 322 g/mol. The van der Waals surface area contributed by atoms with Crippen LogP contribution in [-0.4, -0.2) is 37.8 Å². The first-order valence-electron chi connectivity index (χ1n) is 7.71. The lowest BCUT2D eigenvalue weighted by Crippen LogP contribution is -2.51. The molecule has 0 bridgehead atoms. The number of ether oxygens (including phenoxy) is 2. The molecule has 2 amide bonds. The molecule has 0 aliphatic rings. The summed E-state index contributed by atoms with van der Waals surface area (Å²) in [6.07, 6.45) is -0.695. The Hall–Kier alpha value is -2.08. The zero-order chi connectivity index (χ0) is 17.2. The van der Waals surface area contributed by atoms with Crippen molar-refractivity contribution in [2.24, 2.45) is 5.92 Å². The number of carbonyl (C=O) groups is 2. The van der Waals surface area contributed by atoms with Crippen molar-refractivity contribution >= 4 is 12.0 Å². The van der Waals surface area contributed by atoms with Crippen molar-refractivity contribution in [2.75, 3.05) is 13.7 Å². The summed E-state index contributed by atoms with van der Waals surface area (Å²) in [7, 11) is 1.58. The van der Waals surface area contributed by atoms with E-state index >= 15 is 0 Å². The second-order valence-corrected chi connectivity index (χ2v) is 5.72. The first-order chi connectivity index (χ1) is 10.9. The Kier molecular flexibility index (Phi) is 8.11. The first-order valence-corrected chi connectivity index (χ1v) is 7.71. The molecule has 0 heterocycles. The fourth-order valence-corrected chi connectivity index (χ4v) is 1.86. The molecule has 2 atom stereocenters. The number of rotatable bonds is 8. The van der Waals surface area contributed by atoms with E-state index in [4.69, 9.17) is 9.47 Å². The van der Waals surface area contributed by atoms with Gasteiger partial charge in [-0.3, -0.25) is 4.79 Å². The van der Waals surface area contributed by atoms with Crippen molar-refractivity contribution in [3.8, 4) is 0 Å². The minimum absolute atomic E-state index is 0.0582. The minimum Gasteiger partial charge on any atom is -0.445 e. The van der Waals surface area contributed by atoms with Crippen molar-refractivity contribution in [1.82, 2.24) is 10.6 Å². The van der Waals surface area contributed by atoms with Crippen LogP contribution in [0.4, 0.5) is 4.79 Å². The van der Waals surface area contributed by atoms with Crippen molar-refractivity contribution in [1.29, 1.82) is 0 Å². The van der Waals surface area contributed by atoms with E-state index < -0.39 is 12.1 Å². The molecule has 0 radical (unpaired) electrons. The van der Waals surface area contributed by atoms with Crippen LogP contribution in [0.15, 0.2) is 30.3 Å². The smallest absolute Gasteiger partial charge is 0.408 e. The van der Waals surface area contributed by atoms with Crippen molar-refractivity contribution in [2.45, 2.75) is 39.5 Å². The summed E-state index contributed by atoms with van der Waals surface area (Å²) < 4.78 is 10.2. The average Bonchev–Trinajstić information content (AvgIpc) is 2.55. The number of hydrogen-bond acceptors (Lipinski definition) is 4. The van der Waals surface area contributed by atoms with Gasteiger partial charge in [-0.05, 0) is 18.4 Å². The zero-order valence-electron chi connectivity index (χ0n) is 14.2. The third-order valence-electron chi connectivity index (χ3n) is 3.40. The standard InChI is InChI=1S/C17H26N2O4/c1-12(2)15(16(20)18-10-13(3)22-4)19-17(21)23-11-14-8-6-5-7-9-14/h5-9,12-13,15H,10-11H2,1-4H3,(H,18,20)(H,19,21). The van der Waals surface area contributed by atoms with Crippen LogP contribution in [0.25, 0.3) is 0 Å². The molecule has 0 spiro atoms. The maximum absolute atomic E-state index is 12.2. The summed E-state index contributed by atoms with van der Waals surface area (Å²) in [5.41, 5.74) is 0.891. The van der Waals surface area contributed by atoms with E-state index in [-0.39, 0.29) is 24.5 Å². The third-order valence-corrected chi connectivity index (χ3v) is 3.40. The Morgan fingerprint density at radius 3 is 2.35 bits per heavy atom. The van der Waals surface area contributed by atoms with Gasteiger partial charge in [-0.15, -0.1) is 0 Å². The van der Waals surface area contributed by atoms with Crippen LogP contribution in [0, 0.1) is 5.92 Å². The summed E-state index contributed by atoms with van der Waals surface area (Å²) in [5, 5.41) is 5.37. The number of methoxy groups -OCH3 is 1. The summed E-state index contributed by atoms with van der Waals surface area (Å²) >= 11 is 0. The van der Waals surface area contributed by atoms with Gasteiger partial charge in [0.25, 0.3) is 0 Å². The molecular formula is C17H26N2O4. The lowest BCUT2D eigenvalue weighted by molar-refractivity contribution is -0.124. The van der Waals surface area contributed by atoms with Crippen molar-refractivity contribution in [3.63, 3.8) is 0 Å². The SMILES string of the molecule is COC(C)CNC(=O)C(NC(=O)OCc1ccccc1)C(C)C. The van der Waals surface area contributed by atoms with E-state index in [1.54, 1.807) is 7.11 Å². The van der Waals surface area contributed by atoms with Crippen LogP contribution in [0.5, 0.6) is 0 Å². The number of alkyl carbamates (subject to hydrolysis) is 1. The highest BCUT2D eigenvalue weighted by Crippen LogP contribution is 2.05. The van der Waals surface area contributed by atoms with Gasteiger partial charge in [-0.1, -0.05) is 44.2 Å². The Morgan fingerprint density at radius 2 is 1.78 bits per heavy atom. The number of hydrogen-bond donors (Lipinski definition) is 2. The largest absolute Gasteiger partial charge is 0.445 e. The molecule has 0 fully saturated rings. The molecule has 2 N–H and O–H groups in total. The Balaban J connectivity index is 2.47. The molecule has 128 valence electrons. The van der Waals surface area contributed by atoms with Crippen LogP contribution in [0.2, 0.25) is 0 Å². The van der Waals surface area contributed by atoms with Gasteiger partial charge in [0.2, 0.25) is 5.91 Å². The van der Waals surface area contributed by atoms with Gasteiger partial charge >= 0.3 is 6.09 Å². The molecule has 2 unspecified atom stereocenters. The fourth-order valence-electron chi connectivity index (χ4n) is 1.86. The second kappa shape index (κ2) is 9.84. The molecular weight excluding hydrogens is 296 g/mol. The van der Waals surface area contributed by atoms with E-state index in [0.717, 1.165) is 5.56 Å². The van der Waals surface area contributed by atoms with E-state index in [2.05, 4.69) is 10.6 Å². The molecule has 1 rings (SSSR count).